The van der Waals surface area contributed by atoms with Crippen LogP contribution in [0.25, 0.3) is 0 Å². The van der Waals surface area contributed by atoms with Crippen LogP contribution < -0.4 is 5.32 Å². The van der Waals surface area contributed by atoms with Crippen LogP contribution in [-0.4, -0.2) is 64.3 Å². The van der Waals surface area contributed by atoms with Crippen molar-refractivity contribution in [3.05, 3.63) is 0 Å². The fraction of sp³-hybridized carbons (Fsp3) is 0.889. The summed E-state index contributed by atoms with van der Waals surface area (Å²) in [4.78, 5) is 12.7. The van der Waals surface area contributed by atoms with Crippen molar-refractivity contribution >= 4 is 6.03 Å². The van der Waals surface area contributed by atoms with Crippen LogP contribution in [0.1, 0.15) is 13.3 Å². The molecule has 0 saturated carbocycles. The van der Waals surface area contributed by atoms with Gasteiger partial charge in [0.1, 0.15) is 18.6 Å². The quantitative estimate of drug-likeness (QED) is 0.489. The third-order valence-corrected chi connectivity index (χ3v) is 2.49. The molecule has 7 nitrogen and oxygen atoms in total. The molecular weight excluding hydrogens is 235 g/mol. The Bertz CT molecular complexity index is 266. The number of carbonyl (C=O) groups excluding carboxylic acids is 1. The first kappa shape index (κ1) is 14.1. The van der Waals surface area contributed by atoms with Gasteiger partial charge in [0.15, 0.2) is 0 Å². The molecule has 1 saturated heterocycles. The van der Waals surface area contributed by atoms with Crippen molar-refractivity contribution in [2.75, 3.05) is 13.2 Å². The van der Waals surface area contributed by atoms with Gasteiger partial charge in [0, 0.05) is 13.0 Å². The van der Waals surface area contributed by atoms with Gasteiger partial charge in [-0.05, 0) is 6.92 Å². The number of carbonyl (C=O) groups is 1. The summed E-state index contributed by atoms with van der Waals surface area (Å²) in [6, 6.07) is -0.540. The number of alkyl halides is 1. The van der Waals surface area contributed by atoms with Gasteiger partial charge >= 0.3 is 6.03 Å². The van der Waals surface area contributed by atoms with Crippen LogP contribution in [0, 0.1) is 0 Å². The first-order valence-corrected chi connectivity index (χ1v) is 5.29. The van der Waals surface area contributed by atoms with Crippen LogP contribution in [-0.2, 0) is 4.74 Å². The summed E-state index contributed by atoms with van der Waals surface area (Å²) in [6.45, 7) is 1.04. The first-order valence-electron chi connectivity index (χ1n) is 5.29. The average Bonchev–Trinajstić information content (AvgIpc) is 2.24. The third kappa shape index (κ3) is 3.77. The van der Waals surface area contributed by atoms with Crippen molar-refractivity contribution in [1.82, 2.24) is 10.2 Å². The van der Waals surface area contributed by atoms with E-state index >= 15 is 0 Å². The number of nitrogens with zero attached hydrogens (tertiary/aromatic N) is 1. The number of ether oxygens (including phenoxy) is 1. The second-order valence-corrected chi connectivity index (χ2v) is 3.78. The van der Waals surface area contributed by atoms with Crippen LogP contribution in [0.2, 0.25) is 0 Å². The minimum atomic E-state index is -2.32. The molecule has 100 valence electrons. The van der Waals surface area contributed by atoms with E-state index in [0.717, 1.165) is 0 Å². The van der Waals surface area contributed by atoms with E-state index in [9.17, 15) is 9.18 Å². The molecular formula is C9H17FN2O5. The van der Waals surface area contributed by atoms with E-state index < -0.39 is 37.6 Å². The summed E-state index contributed by atoms with van der Waals surface area (Å²) in [5.41, 5.74) is 0. The third-order valence-electron chi connectivity index (χ3n) is 2.49. The van der Waals surface area contributed by atoms with Crippen molar-refractivity contribution in [2.24, 2.45) is 0 Å². The van der Waals surface area contributed by atoms with E-state index in [-0.39, 0.29) is 6.54 Å². The summed E-state index contributed by atoms with van der Waals surface area (Å²) in [5.74, 6) is 0. The van der Waals surface area contributed by atoms with E-state index in [1.807, 2.05) is 0 Å². The van der Waals surface area contributed by atoms with Gasteiger partial charge in [-0.3, -0.25) is 4.90 Å². The Morgan fingerprint density at radius 3 is 2.82 bits per heavy atom. The average molecular weight is 252 g/mol. The number of urea groups is 1. The van der Waals surface area contributed by atoms with Gasteiger partial charge in [-0.25, -0.2) is 9.18 Å². The van der Waals surface area contributed by atoms with Gasteiger partial charge < -0.3 is 25.4 Å². The second kappa shape index (κ2) is 6.10. The Kier molecular flexibility index (Phi) is 5.06. The van der Waals surface area contributed by atoms with E-state index in [1.165, 1.54) is 11.8 Å². The van der Waals surface area contributed by atoms with Crippen molar-refractivity contribution in [3.63, 3.8) is 0 Å². The van der Waals surface area contributed by atoms with Crippen molar-refractivity contribution in [3.8, 4) is 0 Å². The number of hydrogen-bond donors (Lipinski definition) is 4. The first-order chi connectivity index (χ1) is 7.95. The Labute approximate surface area is 97.8 Å². The maximum atomic E-state index is 12.6. The highest BCUT2D eigenvalue weighted by molar-refractivity contribution is 5.75. The molecule has 1 aliphatic rings. The maximum Gasteiger partial charge on any atom is 0.321 e. The predicted octanol–water partition coefficient (Wildman–Crippen LogP) is -1.27. The van der Waals surface area contributed by atoms with Crippen molar-refractivity contribution < 1.29 is 29.2 Å². The fourth-order valence-corrected chi connectivity index (χ4v) is 1.53. The molecule has 0 bridgehead atoms. The van der Waals surface area contributed by atoms with E-state index in [0.29, 0.717) is 6.42 Å². The smallest absolute Gasteiger partial charge is 0.321 e. The zero-order valence-electron chi connectivity index (χ0n) is 9.41. The standard InChI is InChI=1S/C9H17FN2O5/c1-5(17-6(4-13)8(10)15)12-3-2-7(14)11-9(12)16/h5-8,13-15H,2-4H2,1H3,(H,11,16). The van der Waals surface area contributed by atoms with Gasteiger partial charge in [0.25, 0.3) is 0 Å². The molecule has 0 aromatic rings. The minimum Gasteiger partial charge on any atom is -0.393 e. The van der Waals surface area contributed by atoms with Crippen LogP contribution in [0.3, 0.4) is 0 Å². The zero-order valence-corrected chi connectivity index (χ0v) is 9.41. The lowest BCUT2D eigenvalue weighted by Gasteiger charge is -2.36. The molecule has 1 fully saturated rings. The number of amides is 2. The van der Waals surface area contributed by atoms with Gasteiger partial charge in [-0.1, -0.05) is 0 Å². The number of hydrogen-bond acceptors (Lipinski definition) is 5. The van der Waals surface area contributed by atoms with Gasteiger partial charge in [0.05, 0.1) is 6.61 Å². The number of aliphatic hydroxyl groups excluding tert-OH is 3. The molecule has 0 aromatic heterocycles. The predicted molar refractivity (Wildman–Crippen MR) is 54.4 cm³/mol. The van der Waals surface area contributed by atoms with Crippen LogP contribution in [0.4, 0.5) is 9.18 Å². The van der Waals surface area contributed by atoms with Crippen molar-refractivity contribution in [2.45, 2.75) is 38.3 Å². The van der Waals surface area contributed by atoms with E-state index in [2.05, 4.69) is 5.32 Å². The Balaban J connectivity index is 2.51. The Morgan fingerprint density at radius 1 is 1.71 bits per heavy atom. The highest BCUT2D eigenvalue weighted by Crippen LogP contribution is 2.12. The van der Waals surface area contributed by atoms with Crippen molar-refractivity contribution in [1.29, 1.82) is 0 Å². The fourth-order valence-electron chi connectivity index (χ4n) is 1.53. The number of rotatable bonds is 5. The molecule has 0 radical (unpaired) electrons. The topological polar surface area (TPSA) is 102 Å². The molecule has 4 N–H and O–H groups in total. The molecule has 1 rings (SSSR count). The summed E-state index contributed by atoms with van der Waals surface area (Å²) in [7, 11) is 0. The van der Waals surface area contributed by atoms with Crippen LogP contribution >= 0.6 is 0 Å². The van der Waals surface area contributed by atoms with Crippen LogP contribution in [0.5, 0.6) is 0 Å². The molecule has 1 heterocycles. The highest BCUT2D eigenvalue weighted by atomic mass is 19.1. The van der Waals surface area contributed by atoms with E-state index in [1.54, 1.807) is 0 Å². The van der Waals surface area contributed by atoms with Gasteiger partial charge in [-0.15, -0.1) is 0 Å². The Hall–Kier alpha value is -0.960. The van der Waals surface area contributed by atoms with Gasteiger partial charge in [-0.2, -0.15) is 0 Å². The molecule has 0 aliphatic carbocycles. The molecule has 0 spiro atoms. The van der Waals surface area contributed by atoms with Crippen LogP contribution in [0.15, 0.2) is 0 Å². The summed E-state index contributed by atoms with van der Waals surface area (Å²) in [6.07, 6.45) is -5.11. The zero-order chi connectivity index (χ0) is 13.0. The Morgan fingerprint density at radius 2 is 2.35 bits per heavy atom. The normalized spacial score (nSPS) is 26.3. The molecule has 4 unspecified atom stereocenters. The largest absolute Gasteiger partial charge is 0.393 e. The van der Waals surface area contributed by atoms with Gasteiger partial charge in [0.2, 0.25) is 6.36 Å². The molecule has 17 heavy (non-hydrogen) atoms. The lowest BCUT2D eigenvalue weighted by atomic mass is 10.3. The SMILES string of the molecule is CC(OC(CO)C(O)F)N1CCC(O)NC1=O. The molecule has 1 aliphatic heterocycles. The number of nitrogens with one attached hydrogen (secondary N) is 1. The summed E-state index contributed by atoms with van der Waals surface area (Å²) >= 11 is 0. The number of aliphatic hydroxyl groups is 3. The lowest BCUT2D eigenvalue weighted by molar-refractivity contribution is -0.166. The molecule has 0 aromatic carbocycles. The summed E-state index contributed by atoms with van der Waals surface area (Å²) in [5, 5.41) is 28.9. The number of halogens is 1. The second-order valence-electron chi connectivity index (χ2n) is 3.78. The molecule has 8 heteroatoms. The highest BCUT2D eigenvalue weighted by Gasteiger charge is 2.30. The minimum absolute atomic E-state index is 0.245. The van der Waals surface area contributed by atoms with E-state index in [4.69, 9.17) is 20.1 Å². The molecule has 2 amide bonds. The maximum absolute atomic E-state index is 12.6. The lowest BCUT2D eigenvalue weighted by Crippen LogP contribution is -2.56. The monoisotopic (exact) mass is 252 g/mol. The summed E-state index contributed by atoms with van der Waals surface area (Å²) < 4.78 is 17.6. The molecule has 4 atom stereocenters.